The summed E-state index contributed by atoms with van der Waals surface area (Å²) in [5.41, 5.74) is 0. The molecule has 0 bridgehead atoms. The highest BCUT2D eigenvalue weighted by Gasteiger charge is 2.24. The standard InChI is InChI=1S/C14H19ClFNO/c1-9(2)14(8-17-11-4-5-11)18-13-6-3-10(16)7-12(13)15/h3,6-7,9,11,14,17H,4-5,8H2,1-2H3. The number of hydrogen-bond acceptors (Lipinski definition) is 2. The fraction of sp³-hybridized carbons (Fsp3) is 0.571. The fourth-order valence-electron chi connectivity index (χ4n) is 1.72. The molecule has 2 rings (SSSR count). The first-order valence-electron chi connectivity index (χ1n) is 6.41. The first kappa shape index (κ1) is 13.6. The minimum Gasteiger partial charge on any atom is -0.487 e. The first-order valence-corrected chi connectivity index (χ1v) is 6.79. The van der Waals surface area contributed by atoms with Gasteiger partial charge in [0, 0.05) is 12.6 Å². The maximum absolute atomic E-state index is 13.0. The Hall–Kier alpha value is -0.800. The summed E-state index contributed by atoms with van der Waals surface area (Å²) in [5.74, 6) is 0.580. The van der Waals surface area contributed by atoms with Crippen LogP contribution in [-0.4, -0.2) is 18.7 Å². The summed E-state index contributed by atoms with van der Waals surface area (Å²) in [5, 5.41) is 3.77. The normalized spacial score (nSPS) is 16.9. The van der Waals surface area contributed by atoms with Gasteiger partial charge in [0.1, 0.15) is 17.7 Å². The number of benzene rings is 1. The van der Waals surface area contributed by atoms with Gasteiger partial charge in [-0.25, -0.2) is 4.39 Å². The molecule has 1 aromatic rings. The van der Waals surface area contributed by atoms with E-state index in [2.05, 4.69) is 19.2 Å². The monoisotopic (exact) mass is 271 g/mol. The maximum atomic E-state index is 13.0. The van der Waals surface area contributed by atoms with E-state index in [1.54, 1.807) is 6.07 Å². The zero-order valence-corrected chi connectivity index (χ0v) is 11.5. The van der Waals surface area contributed by atoms with E-state index < -0.39 is 0 Å². The molecule has 1 saturated carbocycles. The second-order valence-electron chi connectivity index (χ2n) is 5.16. The third kappa shape index (κ3) is 3.85. The molecular formula is C14H19ClFNO. The van der Waals surface area contributed by atoms with Gasteiger partial charge in [-0.15, -0.1) is 0 Å². The molecule has 1 aromatic carbocycles. The lowest BCUT2D eigenvalue weighted by Gasteiger charge is -2.23. The van der Waals surface area contributed by atoms with Crippen LogP contribution >= 0.6 is 11.6 Å². The van der Waals surface area contributed by atoms with Crippen molar-refractivity contribution in [1.82, 2.24) is 5.32 Å². The molecule has 1 N–H and O–H groups in total. The molecule has 0 radical (unpaired) electrons. The van der Waals surface area contributed by atoms with Gasteiger partial charge in [0.2, 0.25) is 0 Å². The van der Waals surface area contributed by atoms with E-state index in [4.69, 9.17) is 16.3 Å². The molecule has 1 aliphatic carbocycles. The molecule has 1 aliphatic rings. The number of nitrogens with one attached hydrogen (secondary N) is 1. The van der Waals surface area contributed by atoms with Gasteiger partial charge in [0.25, 0.3) is 0 Å². The topological polar surface area (TPSA) is 21.3 Å². The van der Waals surface area contributed by atoms with Gasteiger partial charge in [-0.05, 0) is 37.0 Å². The van der Waals surface area contributed by atoms with E-state index >= 15 is 0 Å². The Morgan fingerprint density at radius 1 is 1.44 bits per heavy atom. The fourth-order valence-corrected chi connectivity index (χ4v) is 1.93. The van der Waals surface area contributed by atoms with E-state index in [-0.39, 0.29) is 11.9 Å². The highest BCUT2D eigenvalue weighted by atomic mass is 35.5. The van der Waals surface area contributed by atoms with Gasteiger partial charge in [0.15, 0.2) is 0 Å². The molecule has 0 aromatic heterocycles. The molecule has 1 fully saturated rings. The van der Waals surface area contributed by atoms with Crippen LogP contribution in [-0.2, 0) is 0 Å². The minimum absolute atomic E-state index is 0.0496. The van der Waals surface area contributed by atoms with E-state index in [1.165, 1.54) is 25.0 Å². The Balaban J connectivity index is 1.97. The van der Waals surface area contributed by atoms with E-state index in [1.807, 2.05) is 0 Å². The van der Waals surface area contributed by atoms with Crippen LogP contribution in [0.5, 0.6) is 5.75 Å². The second-order valence-corrected chi connectivity index (χ2v) is 5.56. The summed E-state index contributed by atoms with van der Waals surface area (Å²) in [4.78, 5) is 0. The van der Waals surface area contributed by atoms with Crippen LogP contribution in [0.2, 0.25) is 5.02 Å². The molecule has 18 heavy (non-hydrogen) atoms. The zero-order chi connectivity index (χ0) is 13.1. The van der Waals surface area contributed by atoms with Gasteiger partial charge < -0.3 is 10.1 Å². The van der Waals surface area contributed by atoms with Crippen molar-refractivity contribution in [1.29, 1.82) is 0 Å². The van der Waals surface area contributed by atoms with Gasteiger partial charge in [-0.1, -0.05) is 25.4 Å². The van der Waals surface area contributed by atoms with Gasteiger partial charge in [-0.3, -0.25) is 0 Å². The van der Waals surface area contributed by atoms with Crippen molar-refractivity contribution in [2.24, 2.45) is 5.92 Å². The SMILES string of the molecule is CC(C)C(CNC1CC1)Oc1ccc(F)cc1Cl. The van der Waals surface area contributed by atoms with Crippen molar-refractivity contribution in [3.63, 3.8) is 0 Å². The maximum Gasteiger partial charge on any atom is 0.138 e. The van der Waals surface area contributed by atoms with E-state index in [0.29, 0.717) is 22.7 Å². The molecule has 0 heterocycles. The van der Waals surface area contributed by atoms with Gasteiger partial charge in [0.05, 0.1) is 5.02 Å². The largest absolute Gasteiger partial charge is 0.487 e. The lowest BCUT2D eigenvalue weighted by molar-refractivity contribution is 0.148. The number of halogens is 2. The van der Waals surface area contributed by atoms with Crippen molar-refractivity contribution in [2.75, 3.05) is 6.54 Å². The Morgan fingerprint density at radius 3 is 2.72 bits per heavy atom. The molecule has 0 amide bonds. The summed E-state index contributed by atoms with van der Waals surface area (Å²) in [6.07, 6.45) is 2.55. The Labute approximate surface area is 112 Å². The summed E-state index contributed by atoms with van der Waals surface area (Å²) in [6.45, 7) is 5.02. The van der Waals surface area contributed by atoms with Crippen LogP contribution in [0.15, 0.2) is 18.2 Å². The Bertz CT molecular complexity index is 407. The van der Waals surface area contributed by atoms with Crippen LogP contribution in [0.4, 0.5) is 4.39 Å². The molecule has 0 spiro atoms. The van der Waals surface area contributed by atoms with Crippen LogP contribution in [0.3, 0.4) is 0 Å². The predicted molar refractivity (Wildman–Crippen MR) is 71.7 cm³/mol. The lowest BCUT2D eigenvalue weighted by Crippen LogP contribution is -2.36. The predicted octanol–water partition coefficient (Wildman–Crippen LogP) is 3.63. The molecule has 100 valence electrons. The quantitative estimate of drug-likeness (QED) is 0.853. The van der Waals surface area contributed by atoms with Gasteiger partial charge >= 0.3 is 0 Å². The Morgan fingerprint density at radius 2 is 2.17 bits per heavy atom. The average molecular weight is 272 g/mol. The minimum atomic E-state index is -0.343. The highest BCUT2D eigenvalue weighted by molar-refractivity contribution is 6.32. The third-order valence-corrected chi connectivity index (χ3v) is 3.40. The smallest absolute Gasteiger partial charge is 0.138 e. The van der Waals surface area contributed by atoms with Gasteiger partial charge in [-0.2, -0.15) is 0 Å². The molecule has 1 unspecified atom stereocenters. The number of hydrogen-bond donors (Lipinski definition) is 1. The molecule has 0 aliphatic heterocycles. The van der Waals surface area contributed by atoms with E-state index in [9.17, 15) is 4.39 Å². The molecule has 2 nitrogen and oxygen atoms in total. The zero-order valence-electron chi connectivity index (χ0n) is 10.7. The van der Waals surface area contributed by atoms with E-state index in [0.717, 1.165) is 6.54 Å². The van der Waals surface area contributed by atoms with Crippen LogP contribution < -0.4 is 10.1 Å². The lowest BCUT2D eigenvalue weighted by atomic mass is 10.1. The van der Waals surface area contributed by atoms with Crippen molar-refractivity contribution in [3.05, 3.63) is 29.0 Å². The molecule has 0 saturated heterocycles. The van der Waals surface area contributed by atoms with Crippen molar-refractivity contribution in [3.8, 4) is 5.75 Å². The summed E-state index contributed by atoms with van der Waals surface area (Å²) in [7, 11) is 0. The average Bonchev–Trinajstić information content (AvgIpc) is 3.10. The van der Waals surface area contributed by atoms with Crippen molar-refractivity contribution >= 4 is 11.6 Å². The summed E-state index contributed by atoms with van der Waals surface area (Å²) >= 11 is 5.97. The molecular weight excluding hydrogens is 253 g/mol. The number of ether oxygens (including phenoxy) is 1. The summed E-state index contributed by atoms with van der Waals surface area (Å²) < 4.78 is 18.8. The van der Waals surface area contributed by atoms with Crippen molar-refractivity contribution < 1.29 is 9.13 Å². The number of rotatable bonds is 6. The van der Waals surface area contributed by atoms with Crippen molar-refractivity contribution in [2.45, 2.75) is 38.8 Å². The molecule has 1 atom stereocenters. The van der Waals surface area contributed by atoms with Crippen LogP contribution in [0.1, 0.15) is 26.7 Å². The highest BCUT2D eigenvalue weighted by Crippen LogP contribution is 2.27. The van der Waals surface area contributed by atoms with Crippen LogP contribution in [0, 0.1) is 11.7 Å². The van der Waals surface area contributed by atoms with Crippen LogP contribution in [0.25, 0.3) is 0 Å². The first-order chi connectivity index (χ1) is 8.56. The second kappa shape index (κ2) is 5.89. The summed E-state index contributed by atoms with van der Waals surface area (Å²) in [6, 6.07) is 4.89. The molecule has 4 heteroatoms. The Kier molecular flexibility index (Phi) is 4.46. The third-order valence-electron chi connectivity index (χ3n) is 3.10.